The summed E-state index contributed by atoms with van der Waals surface area (Å²) < 4.78 is 70.6. The van der Waals surface area contributed by atoms with Crippen molar-refractivity contribution in [3.63, 3.8) is 0 Å². The van der Waals surface area contributed by atoms with E-state index in [0.717, 1.165) is 16.4 Å². The van der Waals surface area contributed by atoms with E-state index in [2.05, 4.69) is 30.7 Å². The van der Waals surface area contributed by atoms with Crippen LogP contribution in [0.1, 0.15) is 62.7 Å². The molecule has 2 bridgehead atoms. The van der Waals surface area contributed by atoms with E-state index in [1.54, 1.807) is 31.2 Å². The molecular formula is C31H28F5N9O2. The second-order valence-electron chi connectivity index (χ2n) is 11.2. The zero-order chi connectivity index (χ0) is 33.5. The van der Waals surface area contributed by atoms with Gasteiger partial charge in [-0.25, -0.2) is 14.3 Å². The van der Waals surface area contributed by atoms with Crippen molar-refractivity contribution in [1.82, 2.24) is 39.3 Å². The molecule has 4 aromatic heterocycles. The van der Waals surface area contributed by atoms with Crippen molar-refractivity contribution in [3.05, 3.63) is 88.6 Å². The van der Waals surface area contributed by atoms with Gasteiger partial charge in [-0.3, -0.25) is 19.1 Å². The molecule has 2 atom stereocenters. The molecule has 1 aliphatic heterocycles. The summed E-state index contributed by atoms with van der Waals surface area (Å²) in [6, 6.07) is 8.75. The Morgan fingerprint density at radius 3 is 2.57 bits per heavy atom. The van der Waals surface area contributed by atoms with E-state index in [4.69, 9.17) is 0 Å². The smallest absolute Gasteiger partial charge is 0.323 e. The minimum Gasteiger partial charge on any atom is -0.323 e. The summed E-state index contributed by atoms with van der Waals surface area (Å²) in [5.41, 5.74) is 0.859. The third kappa shape index (κ3) is 6.26. The van der Waals surface area contributed by atoms with E-state index in [1.165, 1.54) is 35.4 Å². The van der Waals surface area contributed by atoms with Gasteiger partial charge in [0.25, 0.3) is 5.56 Å². The number of benzene rings is 1. The average Bonchev–Trinajstić information content (AvgIpc) is 3.71. The molecule has 0 fully saturated rings. The lowest BCUT2D eigenvalue weighted by Gasteiger charge is -2.22. The molecule has 0 saturated carbocycles. The Balaban J connectivity index is 1.44. The van der Waals surface area contributed by atoms with Crippen LogP contribution in [0.25, 0.3) is 28.2 Å². The van der Waals surface area contributed by atoms with E-state index >= 15 is 0 Å². The lowest BCUT2D eigenvalue weighted by molar-refractivity contribution is -0.141. The van der Waals surface area contributed by atoms with Gasteiger partial charge in [0, 0.05) is 29.3 Å². The summed E-state index contributed by atoms with van der Waals surface area (Å²) >= 11 is 0. The summed E-state index contributed by atoms with van der Waals surface area (Å²) in [6.07, 6.45) is 1.94. The molecule has 16 heteroatoms. The minimum absolute atomic E-state index is 0.00512. The van der Waals surface area contributed by atoms with Gasteiger partial charge in [-0.15, -0.1) is 5.10 Å². The average molecular weight is 654 g/mol. The fourth-order valence-electron chi connectivity index (χ4n) is 5.61. The highest BCUT2D eigenvalue weighted by atomic mass is 19.4. The summed E-state index contributed by atoms with van der Waals surface area (Å²) in [7, 11) is 0. The maximum Gasteiger partial charge on any atom is 0.436 e. The molecule has 1 aliphatic rings. The third-order valence-electron chi connectivity index (χ3n) is 8.14. The van der Waals surface area contributed by atoms with Crippen LogP contribution in [0.5, 0.6) is 0 Å². The number of alkyl halides is 5. The predicted octanol–water partition coefficient (Wildman–Crippen LogP) is 6.07. The molecule has 244 valence electrons. The van der Waals surface area contributed by atoms with Crippen LogP contribution in [0.15, 0.2) is 66.1 Å². The monoisotopic (exact) mass is 653 g/mol. The molecule has 5 aromatic rings. The summed E-state index contributed by atoms with van der Waals surface area (Å²) in [5, 5.41) is 13.4. The van der Waals surface area contributed by atoms with Gasteiger partial charge in [-0.1, -0.05) is 31.5 Å². The first kappa shape index (κ1) is 31.7. The highest BCUT2D eigenvalue weighted by molar-refractivity contribution is 5.95. The first-order valence-corrected chi connectivity index (χ1v) is 14.8. The minimum atomic E-state index is -4.69. The normalized spacial score (nSPS) is 17.1. The highest BCUT2D eigenvalue weighted by Crippen LogP contribution is 2.35. The molecule has 0 saturated heterocycles. The molecule has 1 N–H and O–H groups in total. The number of rotatable bonds is 5. The molecule has 0 unspecified atom stereocenters. The lowest BCUT2D eigenvalue weighted by atomic mass is 9.97. The summed E-state index contributed by atoms with van der Waals surface area (Å²) in [5.74, 6) is -0.824. The van der Waals surface area contributed by atoms with Gasteiger partial charge < -0.3 is 5.32 Å². The number of hydrogen-bond acceptors (Lipinski definition) is 7. The number of amides is 1. The van der Waals surface area contributed by atoms with Crippen LogP contribution in [-0.4, -0.2) is 45.2 Å². The molecule has 1 aromatic carbocycles. The first-order valence-electron chi connectivity index (χ1n) is 14.8. The van der Waals surface area contributed by atoms with E-state index in [9.17, 15) is 31.5 Å². The maximum absolute atomic E-state index is 14.0. The largest absolute Gasteiger partial charge is 0.436 e. The van der Waals surface area contributed by atoms with Crippen molar-refractivity contribution >= 4 is 11.6 Å². The van der Waals surface area contributed by atoms with E-state index < -0.39 is 35.9 Å². The third-order valence-corrected chi connectivity index (χ3v) is 8.14. The van der Waals surface area contributed by atoms with Crippen LogP contribution in [-0.2, 0) is 17.4 Å². The first-order chi connectivity index (χ1) is 22.4. The van der Waals surface area contributed by atoms with Crippen molar-refractivity contribution in [1.29, 1.82) is 0 Å². The van der Waals surface area contributed by atoms with E-state index in [-0.39, 0.29) is 28.7 Å². The second kappa shape index (κ2) is 12.5. The Labute approximate surface area is 264 Å². The number of anilines is 1. The fourth-order valence-corrected chi connectivity index (χ4v) is 5.61. The molecular weight excluding hydrogens is 625 g/mol. The summed E-state index contributed by atoms with van der Waals surface area (Å²) in [4.78, 5) is 35.7. The van der Waals surface area contributed by atoms with Crippen LogP contribution in [0.4, 0.5) is 27.6 Å². The van der Waals surface area contributed by atoms with Crippen LogP contribution in [0.2, 0.25) is 0 Å². The Kier molecular flexibility index (Phi) is 8.42. The predicted molar refractivity (Wildman–Crippen MR) is 160 cm³/mol. The quantitative estimate of drug-likeness (QED) is 0.228. The van der Waals surface area contributed by atoms with E-state index in [1.807, 2.05) is 6.92 Å². The maximum atomic E-state index is 14.0. The van der Waals surface area contributed by atoms with Crippen LogP contribution in [0.3, 0.4) is 0 Å². The van der Waals surface area contributed by atoms with Gasteiger partial charge in [0.15, 0.2) is 5.69 Å². The van der Waals surface area contributed by atoms with Gasteiger partial charge in [0.2, 0.25) is 5.91 Å². The highest BCUT2D eigenvalue weighted by Gasteiger charge is 2.35. The lowest BCUT2D eigenvalue weighted by Crippen LogP contribution is -2.27. The van der Waals surface area contributed by atoms with Gasteiger partial charge >= 0.3 is 12.7 Å². The Morgan fingerprint density at radius 1 is 1.06 bits per heavy atom. The van der Waals surface area contributed by atoms with Gasteiger partial charge in [0.05, 0.1) is 53.2 Å². The van der Waals surface area contributed by atoms with Crippen LogP contribution < -0.4 is 10.9 Å². The molecule has 0 radical (unpaired) electrons. The Hall–Kier alpha value is -5.28. The molecule has 11 nitrogen and oxygen atoms in total. The van der Waals surface area contributed by atoms with Gasteiger partial charge in [-0.2, -0.15) is 27.1 Å². The van der Waals surface area contributed by atoms with Crippen molar-refractivity contribution < 1.29 is 26.7 Å². The molecule has 6 rings (SSSR count). The topological polar surface area (TPSA) is 125 Å². The summed E-state index contributed by atoms with van der Waals surface area (Å²) in [6.45, 7) is 0.650. The number of hydrogen-bond donors (Lipinski definition) is 1. The van der Waals surface area contributed by atoms with Crippen molar-refractivity contribution in [2.75, 3.05) is 5.32 Å². The number of fused-ring (bicyclic) bond motifs is 4. The molecule has 47 heavy (non-hydrogen) atoms. The number of carbonyl (C=O) groups excluding carboxylic acids is 1. The molecule has 0 spiro atoms. The zero-order valence-electron chi connectivity index (χ0n) is 25.1. The SMILES string of the molecule is CCc1ccc(-n2cc(C(F)(F)F)nn2)c(-c2cc(=O)n([C@H]3CCC[C@@H](C)C(=O)Nc4cnn(C(F)F)c4-c4ccnc3c4)cn2)c1. The number of nitrogens with zero attached hydrogens (tertiary/aromatic N) is 8. The Morgan fingerprint density at radius 2 is 1.87 bits per heavy atom. The van der Waals surface area contributed by atoms with Crippen molar-refractivity contribution in [3.8, 4) is 28.2 Å². The standard InChI is InChI=1S/C31H28F5N9O2/c1-3-18-7-8-24(44-15-26(41-42-44)31(34,35)36)20(11-18)21-13-27(46)43(16-38-21)25-6-4-5-17(2)29(47)40-23-14-39-45(30(32)33)28(23)19-9-10-37-22(25)12-19/h7-17,25,30H,3-6H2,1-2H3,(H,40,47)/t17-,25+/m1/s1. The number of nitrogens with one attached hydrogen (secondary N) is 1. The van der Waals surface area contributed by atoms with Crippen LogP contribution >= 0.6 is 0 Å². The van der Waals surface area contributed by atoms with Gasteiger partial charge in [0.1, 0.15) is 0 Å². The molecule has 5 heterocycles. The molecule has 0 aliphatic carbocycles. The fraction of sp³-hybridized carbons (Fsp3) is 0.323. The zero-order valence-corrected chi connectivity index (χ0v) is 25.1. The Bertz CT molecular complexity index is 2000. The van der Waals surface area contributed by atoms with Crippen molar-refractivity contribution in [2.45, 2.75) is 58.3 Å². The number of aryl methyl sites for hydroxylation is 1. The number of carbonyl (C=O) groups is 1. The van der Waals surface area contributed by atoms with E-state index in [0.29, 0.717) is 47.2 Å². The van der Waals surface area contributed by atoms with Crippen LogP contribution in [0, 0.1) is 5.92 Å². The molecule has 1 amide bonds. The van der Waals surface area contributed by atoms with Crippen molar-refractivity contribution in [2.24, 2.45) is 5.92 Å². The van der Waals surface area contributed by atoms with Gasteiger partial charge in [-0.05, 0) is 49.1 Å². The number of pyridine rings is 1. The number of halogens is 5. The second-order valence-corrected chi connectivity index (χ2v) is 11.2. The number of aromatic nitrogens is 8.